The minimum atomic E-state index is -3.11. The molecule has 0 aliphatic heterocycles. The Bertz CT molecular complexity index is 607. The van der Waals surface area contributed by atoms with Crippen molar-refractivity contribution in [1.82, 2.24) is 5.32 Å². The van der Waals surface area contributed by atoms with Gasteiger partial charge in [-0.1, -0.05) is 12.1 Å². The highest BCUT2D eigenvalue weighted by molar-refractivity contribution is 7.90. The molecule has 2 atom stereocenters. The summed E-state index contributed by atoms with van der Waals surface area (Å²) in [6, 6.07) is 6.80. The van der Waals surface area contributed by atoms with Crippen LogP contribution in [0.1, 0.15) is 18.9 Å². The smallest absolute Gasteiger partial charge is 0.237 e. The van der Waals surface area contributed by atoms with E-state index in [1.165, 1.54) is 0 Å². The number of carbonyl (C=O) groups excluding carboxylic acids is 1. The quantitative estimate of drug-likeness (QED) is 0.718. The average molecular weight is 365 g/mol. The second kappa shape index (κ2) is 9.75. The molecule has 23 heavy (non-hydrogen) atoms. The van der Waals surface area contributed by atoms with Crippen molar-refractivity contribution in [2.24, 2.45) is 5.73 Å². The molecule has 0 heterocycles. The molecule has 0 radical (unpaired) electrons. The van der Waals surface area contributed by atoms with Gasteiger partial charge < -0.3 is 15.8 Å². The summed E-state index contributed by atoms with van der Waals surface area (Å²) in [6.45, 7) is 4.12. The molecule has 0 fully saturated rings. The topological polar surface area (TPSA) is 98.5 Å². The van der Waals surface area contributed by atoms with E-state index in [1.54, 1.807) is 0 Å². The molecule has 3 N–H and O–H groups in total. The summed E-state index contributed by atoms with van der Waals surface area (Å²) in [5.41, 5.74) is 6.76. The Balaban J connectivity index is 0.00000484. The van der Waals surface area contributed by atoms with Crippen LogP contribution in [0.5, 0.6) is 5.75 Å². The Kier molecular flexibility index (Phi) is 9.19. The van der Waals surface area contributed by atoms with Gasteiger partial charge in [0.15, 0.2) is 0 Å². The molecule has 0 spiro atoms. The van der Waals surface area contributed by atoms with Crippen LogP contribution in [0.15, 0.2) is 24.3 Å². The minimum Gasteiger partial charge on any atom is -0.489 e. The van der Waals surface area contributed by atoms with Crippen LogP contribution < -0.4 is 15.8 Å². The predicted molar refractivity (Wildman–Crippen MR) is 93.8 cm³/mol. The van der Waals surface area contributed by atoms with Crippen molar-refractivity contribution in [2.45, 2.75) is 32.4 Å². The number of hydrogen-bond donors (Lipinski definition) is 2. The molecule has 0 bridgehead atoms. The Morgan fingerprint density at radius 3 is 2.61 bits per heavy atom. The predicted octanol–water partition coefficient (Wildman–Crippen LogP) is 1.06. The van der Waals surface area contributed by atoms with Crippen molar-refractivity contribution in [3.05, 3.63) is 29.8 Å². The van der Waals surface area contributed by atoms with E-state index >= 15 is 0 Å². The Morgan fingerprint density at radius 2 is 2.04 bits per heavy atom. The summed E-state index contributed by atoms with van der Waals surface area (Å²) in [5.74, 6) is 0.267. The number of aryl methyl sites for hydroxylation is 1. The first-order valence-electron chi connectivity index (χ1n) is 7.11. The fourth-order valence-electron chi connectivity index (χ4n) is 1.81. The second-order valence-electron chi connectivity index (χ2n) is 5.52. The zero-order chi connectivity index (χ0) is 16.8. The lowest BCUT2D eigenvalue weighted by molar-refractivity contribution is -0.122. The number of hydrogen-bond acceptors (Lipinski definition) is 5. The van der Waals surface area contributed by atoms with Gasteiger partial charge in [-0.15, -0.1) is 12.4 Å². The van der Waals surface area contributed by atoms with E-state index in [0.717, 1.165) is 17.6 Å². The first kappa shape index (κ1) is 21.7. The molecule has 0 aliphatic carbocycles. The SMILES string of the molecule is Cc1cccc(OC(C)CNC(=O)C(N)CCS(C)(=O)=O)c1.Cl. The van der Waals surface area contributed by atoms with Crippen molar-refractivity contribution in [3.63, 3.8) is 0 Å². The molecule has 132 valence electrons. The van der Waals surface area contributed by atoms with Gasteiger partial charge in [-0.05, 0) is 38.0 Å². The summed E-state index contributed by atoms with van der Waals surface area (Å²) in [6.07, 6.45) is 1.01. The largest absolute Gasteiger partial charge is 0.489 e. The van der Waals surface area contributed by atoms with E-state index in [-0.39, 0.29) is 36.6 Å². The van der Waals surface area contributed by atoms with Crippen LogP contribution >= 0.6 is 12.4 Å². The maximum absolute atomic E-state index is 11.8. The maximum Gasteiger partial charge on any atom is 0.237 e. The zero-order valence-electron chi connectivity index (χ0n) is 13.6. The van der Waals surface area contributed by atoms with Crippen LogP contribution in [0.4, 0.5) is 0 Å². The summed E-state index contributed by atoms with van der Waals surface area (Å²) >= 11 is 0. The maximum atomic E-state index is 11.8. The number of benzene rings is 1. The molecule has 8 heteroatoms. The highest BCUT2D eigenvalue weighted by atomic mass is 35.5. The molecular formula is C15H25ClN2O4S. The van der Waals surface area contributed by atoms with Crippen LogP contribution in [0.2, 0.25) is 0 Å². The van der Waals surface area contributed by atoms with E-state index in [0.29, 0.717) is 6.54 Å². The van der Waals surface area contributed by atoms with Crippen LogP contribution in [-0.2, 0) is 14.6 Å². The van der Waals surface area contributed by atoms with Gasteiger partial charge in [-0.2, -0.15) is 0 Å². The standard InChI is InChI=1S/C15H24N2O4S.ClH/c1-11-5-4-6-13(9-11)21-12(2)10-17-15(18)14(16)7-8-22(3,19)20;/h4-6,9,12,14H,7-8,10,16H2,1-3H3,(H,17,18);1H. The van der Waals surface area contributed by atoms with Gasteiger partial charge in [0.05, 0.1) is 18.3 Å². The summed E-state index contributed by atoms with van der Waals surface area (Å²) in [4.78, 5) is 11.8. The van der Waals surface area contributed by atoms with Gasteiger partial charge >= 0.3 is 0 Å². The van der Waals surface area contributed by atoms with Gasteiger partial charge in [0.25, 0.3) is 0 Å². The van der Waals surface area contributed by atoms with Gasteiger partial charge in [-0.25, -0.2) is 8.42 Å². The number of nitrogens with one attached hydrogen (secondary N) is 1. The first-order valence-corrected chi connectivity index (χ1v) is 9.18. The Hall–Kier alpha value is -1.31. The van der Waals surface area contributed by atoms with E-state index in [2.05, 4.69) is 5.32 Å². The monoisotopic (exact) mass is 364 g/mol. The molecule has 1 amide bonds. The number of halogens is 1. The first-order chi connectivity index (χ1) is 10.2. The van der Waals surface area contributed by atoms with Gasteiger partial charge in [-0.3, -0.25) is 4.79 Å². The van der Waals surface area contributed by atoms with Crippen molar-refractivity contribution in [3.8, 4) is 5.75 Å². The molecule has 0 aliphatic rings. The number of amides is 1. The average Bonchev–Trinajstić information content (AvgIpc) is 2.41. The third-order valence-electron chi connectivity index (χ3n) is 3.03. The van der Waals surface area contributed by atoms with Crippen LogP contribution in [0.25, 0.3) is 0 Å². The third kappa shape index (κ3) is 9.43. The van der Waals surface area contributed by atoms with Gasteiger partial charge in [0, 0.05) is 6.26 Å². The van der Waals surface area contributed by atoms with Gasteiger partial charge in [0.2, 0.25) is 5.91 Å². The summed E-state index contributed by atoms with van der Waals surface area (Å²) < 4.78 is 27.8. The molecular weight excluding hydrogens is 340 g/mol. The van der Waals surface area contributed by atoms with Crippen molar-refractivity contribution < 1.29 is 17.9 Å². The number of ether oxygens (including phenoxy) is 1. The summed E-state index contributed by atoms with van der Waals surface area (Å²) in [7, 11) is -3.11. The molecule has 1 aromatic rings. The second-order valence-corrected chi connectivity index (χ2v) is 7.77. The molecule has 1 aromatic carbocycles. The fourth-order valence-corrected chi connectivity index (χ4v) is 2.49. The van der Waals surface area contributed by atoms with Crippen molar-refractivity contribution in [1.29, 1.82) is 0 Å². The van der Waals surface area contributed by atoms with E-state index in [1.807, 2.05) is 38.1 Å². The Morgan fingerprint density at radius 1 is 1.39 bits per heavy atom. The van der Waals surface area contributed by atoms with E-state index in [9.17, 15) is 13.2 Å². The molecule has 0 saturated carbocycles. The molecule has 1 rings (SSSR count). The lowest BCUT2D eigenvalue weighted by Crippen LogP contribution is -2.44. The normalized spacial score (nSPS) is 13.6. The van der Waals surface area contributed by atoms with Crippen LogP contribution in [-0.4, -0.2) is 45.0 Å². The number of rotatable bonds is 8. The minimum absolute atomic E-state index is 0. The van der Waals surface area contributed by atoms with Gasteiger partial charge in [0.1, 0.15) is 21.7 Å². The number of sulfone groups is 1. The molecule has 0 saturated heterocycles. The molecule has 6 nitrogen and oxygen atoms in total. The van der Waals surface area contributed by atoms with Crippen LogP contribution in [0.3, 0.4) is 0 Å². The van der Waals surface area contributed by atoms with E-state index in [4.69, 9.17) is 10.5 Å². The molecule has 2 unspecified atom stereocenters. The Labute approximate surface area is 144 Å². The summed E-state index contributed by atoms with van der Waals surface area (Å²) in [5, 5.41) is 2.67. The van der Waals surface area contributed by atoms with Crippen molar-refractivity contribution >= 4 is 28.2 Å². The highest BCUT2D eigenvalue weighted by Gasteiger charge is 2.16. The third-order valence-corrected chi connectivity index (χ3v) is 4.00. The lowest BCUT2D eigenvalue weighted by atomic mass is 10.2. The fraction of sp³-hybridized carbons (Fsp3) is 0.533. The van der Waals surface area contributed by atoms with E-state index < -0.39 is 15.9 Å². The number of nitrogens with two attached hydrogens (primary N) is 1. The zero-order valence-corrected chi connectivity index (χ0v) is 15.2. The highest BCUT2D eigenvalue weighted by Crippen LogP contribution is 2.13. The van der Waals surface area contributed by atoms with Crippen LogP contribution in [0, 0.1) is 6.92 Å². The lowest BCUT2D eigenvalue weighted by Gasteiger charge is -2.17. The van der Waals surface area contributed by atoms with Crippen molar-refractivity contribution in [2.75, 3.05) is 18.6 Å². The number of carbonyl (C=O) groups is 1. The molecule has 0 aromatic heterocycles.